The van der Waals surface area contributed by atoms with Crippen LogP contribution in [0.1, 0.15) is 72.5 Å². The van der Waals surface area contributed by atoms with Gasteiger partial charge in [-0.3, -0.25) is 4.79 Å². The molecule has 1 aromatic rings. The van der Waals surface area contributed by atoms with Crippen LogP contribution in [0.4, 0.5) is 0 Å². The molecule has 0 aliphatic heterocycles. The van der Waals surface area contributed by atoms with Crippen LogP contribution in [0.25, 0.3) is 0 Å². The predicted molar refractivity (Wildman–Crippen MR) is 92.9 cm³/mol. The van der Waals surface area contributed by atoms with Gasteiger partial charge in [0.25, 0.3) is 5.91 Å². The number of hydrogen-bond acceptors (Lipinski definition) is 4. The molecule has 0 bridgehead atoms. The van der Waals surface area contributed by atoms with Crippen molar-refractivity contribution in [2.24, 2.45) is 0 Å². The second-order valence-electron chi connectivity index (χ2n) is 6.29. The third-order valence-electron chi connectivity index (χ3n) is 4.46. The highest BCUT2D eigenvalue weighted by Crippen LogP contribution is 2.23. The van der Waals surface area contributed by atoms with Crippen molar-refractivity contribution in [3.8, 4) is 0 Å². The topological polar surface area (TPSA) is 55.4 Å². The van der Waals surface area contributed by atoms with Gasteiger partial charge in [0.05, 0.1) is 0 Å². The van der Waals surface area contributed by atoms with Gasteiger partial charge in [0.15, 0.2) is 6.10 Å². The maximum absolute atomic E-state index is 12.2. The van der Waals surface area contributed by atoms with E-state index in [2.05, 4.69) is 12.2 Å². The fourth-order valence-corrected chi connectivity index (χ4v) is 3.98. The molecule has 4 nitrogen and oxygen atoms in total. The van der Waals surface area contributed by atoms with E-state index in [1.807, 2.05) is 13.0 Å². The summed E-state index contributed by atoms with van der Waals surface area (Å²) in [5.41, 5.74) is 1.16. The Morgan fingerprint density at radius 1 is 1.30 bits per heavy atom. The molecule has 1 aromatic heterocycles. The highest BCUT2D eigenvalue weighted by molar-refractivity contribution is 7.14. The number of carbonyl (C=O) groups is 2. The van der Waals surface area contributed by atoms with E-state index in [4.69, 9.17) is 4.74 Å². The summed E-state index contributed by atoms with van der Waals surface area (Å²) in [5.74, 6) is -0.587. The van der Waals surface area contributed by atoms with Gasteiger partial charge >= 0.3 is 5.97 Å². The normalized spacial score (nSPS) is 17.3. The van der Waals surface area contributed by atoms with Crippen molar-refractivity contribution in [1.29, 1.82) is 0 Å². The van der Waals surface area contributed by atoms with E-state index in [9.17, 15) is 9.59 Å². The van der Waals surface area contributed by atoms with Crippen molar-refractivity contribution >= 4 is 23.2 Å². The molecule has 0 spiro atoms. The number of rotatable bonds is 5. The zero-order valence-electron chi connectivity index (χ0n) is 14.3. The number of aryl methyl sites for hydroxylation is 2. The van der Waals surface area contributed by atoms with Crippen molar-refractivity contribution in [3.63, 3.8) is 0 Å². The molecule has 128 valence electrons. The second-order valence-corrected chi connectivity index (χ2v) is 7.55. The summed E-state index contributed by atoms with van der Waals surface area (Å²) >= 11 is 1.43. The number of ether oxygens (including phenoxy) is 1. The largest absolute Gasteiger partial charge is 0.448 e. The summed E-state index contributed by atoms with van der Waals surface area (Å²) in [5, 5.41) is 3.03. The molecule has 2 rings (SSSR count). The SMILES string of the molecule is CCc1cc(C(=O)O[C@H](C)C(=O)NC2CCCCCC2)sc1C. The van der Waals surface area contributed by atoms with Crippen LogP contribution in [0.2, 0.25) is 0 Å². The molecular weight excluding hydrogens is 310 g/mol. The average molecular weight is 337 g/mol. The number of amides is 1. The van der Waals surface area contributed by atoms with E-state index in [0.717, 1.165) is 42.5 Å². The summed E-state index contributed by atoms with van der Waals surface area (Å²) in [6.45, 7) is 5.71. The highest BCUT2D eigenvalue weighted by Gasteiger charge is 2.23. The van der Waals surface area contributed by atoms with E-state index < -0.39 is 12.1 Å². The summed E-state index contributed by atoms with van der Waals surface area (Å²) < 4.78 is 5.34. The lowest BCUT2D eigenvalue weighted by molar-refractivity contribution is -0.129. The quantitative estimate of drug-likeness (QED) is 0.652. The third kappa shape index (κ3) is 5.06. The summed E-state index contributed by atoms with van der Waals surface area (Å²) in [7, 11) is 0. The van der Waals surface area contributed by atoms with Crippen LogP contribution in [0.5, 0.6) is 0 Å². The van der Waals surface area contributed by atoms with E-state index >= 15 is 0 Å². The molecule has 0 saturated heterocycles. The Morgan fingerprint density at radius 3 is 2.52 bits per heavy atom. The fourth-order valence-electron chi connectivity index (χ4n) is 2.99. The molecule has 1 aliphatic rings. The molecule has 0 radical (unpaired) electrons. The molecule has 1 heterocycles. The minimum absolute atomic E-state index is 0.186. The Kier molecular flexibility index (Phi) is 6.63. The average Bonchev–Trinajstić information content (AvgIpc) is 2.72. The molecule has 1 atom stereocenters. The smallest absolute Gasteiger partial charge is 0.349 e. The van der Waals surface area contributed by atoms with Gasteiger partial charge in [0.2, 0.25) is 0 Å². The number of hydrogen-bond donors (Lipinski definition) is 1. The summed E-state index contributed by atoms with van der Waals surface area (Å²) in [4.78, 5) is 26.1. The van der Waals surface area contributed by atoms with Gasteiger partial charge in [-0.1, -0.05) is 32.6 Å². The Labute approximate surface area is 142 Å². The molecule has 5 heteroatoms. The van der Waals surface area contributed by atoms with Crippen molar-refractivity contribution in [3.05, 3.63) is 21.4 Å². The molecular formula is C18H27NO3S. The van der Waals surface area contributed by atoms with Crippen molar-refractivity contribution in [2.45, 2.75) is 77.9 Å². The van der Waals surface area contributed by atoms with Crippen LogP contribution in [-0.2, 0) is 16.0 Å². The molecule has 1 amide bonds. The first kappa shape index (κ1) is 18.0. The Hall–Kier alpha value is -1.36. The molecule has 23 heavy (non-hydrogen) atoms. The lowest BCUT2D eigenvalue weighted by atomic mass is 10.1. The highest BCUT2D eigenvalue weighted by atomic mass is 32.1. The molecule has 0 unspecified atom stereocenters. The Bertz CT molecular complexity index is 544. The van der Waals surface area contributed by atoms with Gasteiger partial charge in [-0.05, 0) is 44.7 Å². The predicted octanol–water partition coefficient (Wildman–Crippen LogP) is 4.00. The first-order valence-corrected chi connectivity index (χ1v) is 9.43. The monoisotopic (exact) mass is 337 g/mol. The van der Waals surface area contributed by atoms with Gasteiger partial charge < -0.3 is 10.1 Å². The summed E-state index contributed by atoms with van der Waals surface area (Å²) in [6, 6.07) is 2.10. The van der Waals surface area contributed by atoms with Crippen LogP contribution < -0.4 is 5.32 Å². The second kappa shape index (κ2) is 8.48. The van der Waals surface area contributed by atoms with Gasteiger partial charge in [0.1, 0.15) is 4.88 Å². The molecule has 1 fully saturated rings. The van der Waals surface area contributed by atoms with Gasteiger partial charge in [-0.25, -0.2) is 4.79 Å². The van der Waals surface area contributed by atoms with Crippen LogP contribution in [-0.4, -0.2) is 24.0 Å². The maximum atomic E-state index is 12.2. The summed E-state index contributed by atoms with van der Waals surface area (Å²) in [6.07, 6.45) is 7.00. The van der Waals surface area contributed by atoms with Gasteiger partial charge in [-0.2, -0.15) is 0 Å². The number of nitrogens with one attached hydrogen (secondary N) is 1. The first-order valence-electron chi connectivity index (χ1n) is 8.62. The minimum Gasteiger partial charge on any atom is -0.448 e. The molecule has 1 N–H and O–H groups in total. The van der Waals surface area contributed by atoms with Gasteiger partial charge in [0, 0.05) is 10.9 Å². The Morgan fingerprint density at radius 2 is 1.96 bits per heavy atom. The molecule has 0 aromatic carbocycles. The van der Waals surface area contributed by atoms with Crippen LogP contribution in [0.3, 0.4) is 0 Å². The van der Waals surface area contributed by atoms with E-state index in [-0.39, 0.29) is 11.9 Å². The van der Waals surface area contributed by atoms with E-state index in [0.29, 0.717) is 4.88 Å². The van der Waals surface area contributed by atoms with Crippen molar-refractivity contribution < 1.29 is 14.3 Å². The van der Waals surface area contributed by atoms with E-state index in [1.54, 1.807) is 6.92 Å². The zero-order chi connectivity index (χ0) is 16.8. The lowest BCUT2D eigenvalue weighted by Crippen LogP contribution is -2.41. The number of carbonyl (C=O) groups excluding carboxylic acids is 2. The Balaban J connectivity index is 1.87. The molecule has 1 aliphatic carbocycles. The number of thiophene rings is 1. The van der Waals surface area contributed by atoms with Crippen LogP contribution in [0.15, 0.2) is 6.07 Å². The van der Waals surface area contributed by atoms with Gasteiger partial charge in [-0.15, -0.1) is 11.3 Å². The fraction of sp³-hybridized carbons (Fsp3) is 0.667. The lowest BCUT2D eigenvalue weighted by Gasteiger charge is -2.19. The standard InChI is InChI=1S/C18H27NO3S/c1-4-14-11-16(23-13(14)3)18(21)22-12(2)17(20)19-15-9-7-5-6-8-10-15/h11-12,15H,4-10H2,1-3H3,(H,19,20)/t12-/m1/s1. The van der Waals surface area contributed by atoms with Crippen molar-refractivity contribution in [1.82, 2.24) is 5.32 Å². The minimum atomic E-state index is -0.752. The zero-order valence-corrected chi connectivity index (χ0v) is 15.1. The van der Waals surface area contributed by atoms with E-state index in [1.165, 1.54) is 24.2 Å². The molecule has 1 saturated carbocycles. The van der Waals surface area contributed by atoms with Crippen LogP contribution in [0, 0.1) is 6.92 Å². The van der Waals surface area contributed by atoms with Crippen LogP contribution >= 0.6 is 11.3 Å². The first-order chi connectivity index (χ1) is 11.0. The maximum Gasteiger partial charge on any atom is 0.349 e. The number of esters is 1. The third-order valence-corrected chi connectivity index (χ3v) is 5.53. The van der Waals surface area contributed by atoms with Crippen molar-refractivity contribution in [2.75, 3.05) is 0 Å².